The highest BCUT2D eigenvalue weighted by atomic mass is 16.5. The third-order valence-electron chi connectivity index (χ3n) is 4.28. The summed E-state index contributed by atoms with van der Waals surface area (Å²) in [5.74, 6) is -0.455. The van der Waals surface area contributed by atoms with Crippen LogP contribution < -0.4 is 5.32 Å². The fraction of sp³-hybridized carbons (Fsp3) is 0.619. The SMILES string of the molecule is CCCOC(=O)C1C=CC(C(/N=C(\C)CCCCCOC)=C(\O)NC)=CC1. The molecule has 0 fully saturated rings. The van der Waals surface area contributed by atoms with Crippen LogP contribution in [0.25, 0.3) is 0 Å². The first-order valence-electron chi connectivity index (χ1n) is 9.72. The molecule has 1 atom stereocenters. The van der Waals surface area contributed by atoms with E-state index in [4.69, 9.17) is 9.47 Å². The van der Waals surface area contributed by atoms with Crippen molar-refractivity contribution in [2.45, 2.75) is 52.4 Å². The minimum atomic E-state index is -0.274. The van der Waals surface area contributed by atoms with Crippen LogP contribution in [0.5, 0.6) is 0 Å². The van der Waals surface area contributed by atoms with Crippen LogP contribution in [0, 0.1) is 5.92 Å². The van der Waals surface area contributed by atoms with Gasteiger partial charge in [-0.25, -0.2) is 0 Å². The molecule has 1 unspecified atom stereocenters. The Hall–Kier alpha value is -2.08. The third kappa shape index (κ3) is 8.43. The summed E-state index contributed by atoms with van der Waals surface area (Å²) in [6, 6.07) is 0. The second-order valence-electron chi connectivity index (χ2n) is 6.63. The number of carbonyl (C=O) groups excluding carboxylic acids is 1. The Bertz CT molecular complexity index is 591. The van der Waals surface area contributed by atoms with E-state index in [-0.39, 0.29) is 17.8 Å². The van der Waals surface area contributed by atoms with Crippen molar-refractivity contribution in [1.82, 2.24) is 5.32 Å². The summed E-state index contributed by atoms with van der Waals surface area (Å²) >= 11 is 0. The van der Waals surface area contributed by atoms with Crippen molar-refractivity contribution in [2.24, 2.45) is 10.9 Å². The third-order valence-corrected chi connectivity index (χ3v) is 4.28. The minimum Gasteiger partial charge on any atom is -0.493 e. The van der Waals surface area contributed by atoms with Gasteiger partial charge in [0, 0.05) is 32.0 Å². The highest BCUT2D eigenvalue weighted by molar-refractivity contribution is 5.83. The van der Waals surface area contributed by atoms with Crippen LogP contribution in [0.3, 0.4) is 0 Å². The van der Waals surface area contributed by atoms with Gasteiger partial charge in [0.15, 0.2) is 0 Å². The zero-order chi connectivity index (χ0) is 20.1. The number of esters is 1. The number of hydrogen-bond donors (Lipinski definition) is 2. The van der Waals surface area contributed by atoms with Crippen LogP contribution in [0.4, 0.5) is 0 Å². The van der Waals surface area contributed by atoms with Crippen molar-refractivity contribution in [1.29, 1.82) is 0 Å². The standard InChI is InChI=1S/C21H34N2O4/c1-5-14-27-21(25)18-12-10-17(11-13-18)19(20(24)22-3)23-16(2)9-7-6-8-15-26-4/h10-12,18,22,24H,5-9,13-15H2,1-4H3/b20-19+,23-16+. The number of unbranched alkanes of at least 4 members (excludes halogenated alkanes) is 2. The molecule has 0 saturated carbocycles. The molecule has 6 nitrogen and oxygen atoms in total. The Morgan fingerprint density at radius 3 is 2.70 bits per heavy atom. The molecular formula is C21H34N2O4. The molecule has 1 aliphatic rings. The number of methoxy groups -OCH3 is 1. The molecule has 0 aromatic carbocycles. The lowest BCUT2D eigenvalue weighted by Gasteiger charge is -2.16. The number of hydrogen-bond acceptors (Lipinski definition) is 6. The lowest BCUT2D eigenvalue weighted by molar-refractivity contribution is -0.146. The van der Waals surface area contributed by atoms with Gasteiger partial charge in [0.05, 0.1) is 12.5 Å². The summed E-state index contributed by atoms with van der Waals surface area (Å²) in [5, 5.41) is 13.0. The topological polar surface area (TPSA) is 80.2 Å². The molecule has 2 N–H and O–H groups in total. The lowest BCUT2D eigenvalue weighted by atomic mass is 9.95. The number of aliphatic imine (C=N–C) groups is 1. The fourth-order valence-electron chi connectivity index (χ4n) is 2.70. The molecule has 0 saturated heterocycles. The molecule has 1 aliphatic carbocycles. The molecule has 0 aliphatic heterocycles. The van der Waals surface area contributed by atoms with Gasteiger partial charge in [-0.3, -0.25) is 9.79 Å². The van der Waals surface area contributed by atoms with Crippen LogP contribution >= 0.6 is 0 Å². The first-order chi connectivity index (χ1) is 13.0. The first-order valence-corrected chi connectivity index (χ1v) is 9.72. The molecular weight excluding hydrogens is 344 g/mol. The Morgan fingerprint density at radius 2 is 2.11 bits per heavy atom. The molecule has 152 valence electrons. The summed E-state index contributed by atoms with van der Waals surface area (Å²) in [5.41, 5.74) is 2.27. The van der Waals surface area contributed by atoms with Crippen molar-refractivity contribution in [3.8, 4) is 0 Å². The summed E-state index contributed by atoms with van der Waals surface area (Å²) in [4.78, 5) is 16.6. The van der Waals surface area contributed by atoms with Gasteiger partial charge >= 0.3 is 5.97 Å². The van der Waals surface area contributed by atoms with E-state index in [9.17, 15) is 9.90 Å². The summed E-state index contributed by atoms with van der Waals surface area (Å²) < 4.78 is 10.3. The quantitative estimate of drug-likeness (QED) is 0.232. The maximum atomic E-state index is 12.0. The predicted molar refractivity (Wildman–Crippen MR) is 109 cm³/mol. The second-order valence-corrected chi connectivity index (χ2v) is 6.63. The molecule has 0 amide bonds. The average molecular weight is 379 g/mol. The van der Waals surface area contributed by atoms with Crippen molar-refractivity contribution in [3.05, 3.63) is 35.4 Å². The fourth-order valence-corrected chi connectivity index (χ4v) is 2.70. The molecule has 0 aromatic rings. The Balaban J connectivity index is 2.74. The average Bonchev–Trinajstić information content (AvgIpc) is 2.69. The Morgan fingerprint density at radius 1 is 1.33 bits per heavy atom. The summed E-state index contributed by atoms with van der Waals surface area (Å²) in [7, 11) is 3.37. The highest BCUT2D eigenvalue weighted by Crippen LogP contribution is 2.25. The second kappa shape index (κ2) is 13.1. The van der Waals surface area contributed by atoms with Gasteiger partial charge in [0.2, 0.25) is 5.88 Å². The Labute approximate surface area is 163 Å². The molecule has 1 rings (SSSR count). The molecule has 6 heteroatoms. The van der Waals surface area contributed by atoms with Crippen LogP contribution in [0.1, 0.15) is 52.4 Å². The van der Waals surface area contributed by atoms with E-state index in [1.807, 2.05) is 32.1 Å². The number of rotatable bonds is 12. The van der Waals surface area contributed by atoms with E-state index < -0.39 is 0 Å². The number of nitrogens with one attached hydrogen (secondary N) is 1. The molecule has 0 spiro atoms. The molecule has 0 bridgehead atoms. The highest BCUT2D eigenvalue weighted by Gasteiger charge is 2.20. The lowest BCUT2D eigenvalue weighted by Crippen LogP contribution is -2.18. The number of aliphatic hydroxyl groups is 1. The molecule has 27 heavy (non-hydrogen) atoms. The van der Waals surface area contributed by atoms with E-state index in [0.717, 1.165) is 50.0 Å². The van der Waals surface area contributed by atoms with E-state index in [2.05, 4.69) is 10.3 Å². The largest absolute Gasteiger partial charge is 0.493 e. The van der Waals surface area contributed by atoms with Crippen LogP contribution in [0.15, 0.2) is 40.4 Å². The van der Waals surface area contributed by atoms with Crippen molar-refractivity contribution < 1.29 is 19.4 Å². The number of nitrogens with zero attached hydrogens (tertiary/aromatic N) is 1. The molecule has 0 heterocycles. The number of aliphatic hydroxyl groups excluding tert-OH is 1. The zero-order valence-corrected chi connectivity index (χ0v) is 17.1. The van der Waals surface area contributed by atoms with Gasteiger partial charge in [-0.05, 0) is 39.0 Å². The maximum absolute atomic E-state index is 12.0. The molecule has 0 radical (unpaired) electrons. The number of ether oxygens (including phenoxy) is 2. The van der Waals surface area contributed by atoms with Crippen LogP contribution in [0.2, 0.25) is 0 Å². The van der Waals surface area contributed by atoms with Gasteiger partial charge in [0.25, 0.3) is 0 Å². The van der Waals surface area contributed by atoms with Gasteiger partial charge < -0.3 is 19.9 Å². The van der Waals surface area contributed by atoms with Crippen molar-refractivity contribution in [3.63, 3.8) is 0 Å². The van der Waals surface area contributed by atoms with Gasteiger partial charge in [-0.1, -0.05) is 31.6 Å². The first kappa shape index (κ1) is 23.0. The number of allylic oxidation sites excluding steroid dienone is 2. The normalized spacial score (nSPS) is 18.0. The maximum Gasteiger partial charge on any atom is 0.313 e. The van der Waals surface area contributed by atoms with Gasteiger partial charge in [0.1, 0.15) is 5.70 Å². The summed E-state index contributed by atoms with van der Waals surface area (Å²) in [6.45, 7) is 5.16. The van der Waals surface area contributed by atoms with E-state index in [0.29, 0.717) is 18.7 Å². The van der Waals surface area contributed by atoms with E-state index in [1.165, 1.54) is 0 Å². The van der Waals surface area contributed by atoms with Crippen LogP contribution in [-0.4, -0.2) is 44.2 Å². The minimum absolute atomic E-state index is 0.0247. The molecule has 0 aromatic heterocycles. The Kier molecular flexibility index (Phi) is 11.2. The van der Waals surface area contributed by atoms with E-state index >= 15 is 0 Å². The van der Waals surface area contributed by atoms with E-state index in [1.54, 1.807) is 14.2 Å². The number of carbonyl (C=O) groups is 1. The van der Waals surface area contributed by atoms with Crippen molar-refractivity contribution >= 4 is 11.7 Å². The van der Waals surface area contributed by atoms with Crippen molar-refractivity contribution in [2.75, 3.05) is 27.4 Å². The van der Waals surface area contributed by atoms with Gasteiger partial charge in [-0.15, -0.1) is 0 Å². The summed E-state index contributed by atoms with van der Waals surface area (Å²) in [6.07, 6.45) is 11.0. The van der Waals surface area contributed by atoms with Gasteiger partial charge in [-0.2, -0.15) is 0 Å². The smallest absolute Gasteiger partial charge is 0.313 e. The predicted octanol–water partition coefficient (Wildman–Crippen LogP) is 4.06. The zero-order valence-electron chi connectivity index (χ0n) is 17.1. The monoisotopic (exact) mass is 378 g/mol. The van der Waals surface area contributed by atoms with Crippen LogP contribution in [-0.2, 0) is 14.3 Å².